The lowest BCUT2D eigenvalue weighted by atomic mass is 10.0. The number of imidazole rings is 1. The second kappa shape index (κ2) is 11.9. The van der Waals surface area contributed by atoms with Crippen LogP contribution in [0.5, 0.6) is 11.6 Å². The molecule has 0 spiro atoms. The zero-order valence-corrected chi connectivity index (χ0v) is 24.1. The second-order valence-electron chi connectivity index (χ2n) is 9.85. The molecule has 0 saturated heterocycles. The van der Waals surface area contributed by atoms with Crippen molar-refractivity contribution in [3.63, 3.8) is 0 Å². The molecule has 41 heavy (non-hydrogen) atoms. The minimum Gasteiger partial charge on any atom is -0.485 e. The molecule has 3 aromatic heterocycles. The number of halogens is 3. The summed E-state index contributed by atoms with van der Waals surface area (Å²) in [5, 5.41) is 0. The van der Waals surface area contributed by atoms with Gasteiger partial charge in [0.2, 0.25) is 0 Å². The van der Waals surface area contributed by atoms with Crippen molar-refractivity contribution < 1.29 is 31.1 Å². The molecule has 0 radical (unpaired) electrons. The molecular formula is C28H31F3N4O5S. The van der Waals surface area contributed by atoms with Crippen molar-refractivity contribution in [3.8, 4) is 22.8 Å². The Labute approximate surface area is 235 Å². The van der Waals surface area contributed by atoms with E-state index in [0.717, 1.165) is 15.4 Å². The van der Waals surface area contributed by atoms with Crippen molar-refractivity contribution in [1.82, 2.24) is 19.1 Å². The fourth-order valence-electron chi connectivity index (χ4n) is 4.72. The monoisotopic (exact) mass is 592 g/mol. The van der Waals surface area contributed by atoms with E-state index in [1.54, 1.807) is 26.0 Å². The van der Waals surface area contributed by atoms with Crippen LogP contribution in [-0.4, -0.2) is 58.7 Å². The van der Waals surface area contributed by atoms with Crippen LogP contribution in [-0.2, 0) is 16.4 Å². The highest BCUT2D eigenvalue weighted by Crippen LogP contribution is 2.34. The molecule has 1 aromatic carbocycles. The van der Waals surface area contributed by atoms with Crippen LogP contribution < -0.4 is 15.2 Å². The predicted molar refractivity (Wildman–Crippen MR) is 149 cm³/mol. The Morgan fingerprint density at radius 2 is 1.78 bits per heavy atom. The average Bonchev–Trinajstić information content (AvgIpc) is 3.15. The van der Waals surface area contributed by atoms with Crippen molar-refractivity contribution in [3.05, 3.63) is 70.2 Å². The first-order chi connectivity index (χ1) is 19.3. The first-order valence-corrected chi connectivity index (χ1v) is 15.0. The van der Waals surface area contributed by atoms with Gasteiger partial charge in [0.1, 0.15) is 15.7 Å². The quantitative estimate of drug-likeness (QED) is 0.247. The first-order valence-electron chi connectivity index (χ1n) is 12.9. The van der Waals surface area contributed by atoms with Crippen molar-refractivity contribution in [2.75, 3.05) is 18.6 Å². The number of hydrogen-bond acceptors (Lipinski definition) is 7. The normalized spacial score (nSPS) is 12.8. The SMILES string of the molecule is CCOc1nc(C(CS(C)(=O)=O)n2c(=O)n(CC(F)F)c3c(C)c(-c4ccccc4F)cnc32)ccc1OC(C)C. The van der Waals surface area contributed by atoms with Gasteiger partial charge in [0.15, 0.2) is 11.4 Å². The van der Waals surface area contributed by atoms with Gasteiger partial charge in [-0.05, 0) is 51.5 Å². The van der Waals surface area contributed by atoms with Crippen LogP contribution >= 0.6 is 0 Å². The number of aromatic nitrogens is 4. The molecule has 0 aliphatic heterocycles. The lowest BCUT2D eigenvalue weighted by Crippen LogP contribution is -2.33. The number of fused-ring (bicyclic) bond motifs is 1. The van der Waals surface area contributed by atoms with Crippen LogP contribution in [0.1, 0.15) is 38.1 Å². The molecule has 3 heterocycles. The fourth-order valence-corrected chi connectivity index (χ4v) is 5.62. The summed E-state index contributed by atoms with van der Waals surface area (Å²) in [5.74, 6) is -0.725. The van der Waals surface area contributed by atoms with Gasteiger partial charge in [-0.1, -0.05) is 18.2 Å². The average molecular weight is 593 g/mol. The molecular weight excluding hydrogens is 561 g/mol. The topological polar surface area (TPSA) is 105 Å². The zero-order chi connectivity index (χ0) is 30.1. The summed E-state index contributed by atoms with van der Waals surface area (Å²) in [6, 6.07) is 7.71. The second-order valence-corrected chi connectivity index (χ2v) is 12.0. The number of aryl methyl sites for hydroxylation is 1. The van der Waals surface area contributed by atoms with Crippen LogP contribution in [0.25, 0.3) is 22.3 Å². The number of hydrogen-bond donors (Lipinski definition) is 0. The highest BCUT2D eigenvalue weighted by Gasteiger charge is 2.30. The molecule has 0 aliphatic carbocycles. The van der Waals surface area contributed by atoms with Crippen LogP contribution in [0.15, 0.2) is 47.4 Å². The van der Waals surface area contributed by atoms with Gasteiger partial charge in [0.25, 0.3) is 12.3 Å². The smallest absolute Gasteiger partial charge is 0.331 e. The lowest BCUT2D eigenvalue weighted by Gasteiger charge is -2.20. The van der Waals surface area contributed by atoms with Gasteiger partial charge >= 0.3 is 5.69 Å². The number of nitrogens with zero attached hydrogens (tertiary/aromatic N) is 4. The van der Waals surface area contributed by atoms with E-state index in [0.29, 0.717) is 16.9 Å². The van der Waals surface area contributed by atoms with E-state index in [1.807, 2.05) is 13.8 Å². The molecule has 0 fully saturated rings. The standard InChI is InChI=1S/C28H31F3N4O5S/c1-6-39-27-23(40-16(2)3)12-11-21(33-27)22(15-41(5,37)38)35-26-25(34(28(35)36)14-24(30)31)17(4)19(13-32-26)18-9-7-8-10-20(18)29/h7-13,16,22,24H,6,14-15H2,1-5H3. The molecule has 0 N–H and O–H groups in total. The number of benzene rings is 1. The molecule has 1 unspecified atom stereocenters. The van der Waals surface area contributed by atoms with Crippen molar-refractivity contribution >= 4 is 21.0 Å². The van der Waals surface area contributed by atoms with Gasteiger partial charge in [-0.25, -0.2) is 36.4 Å². The molecule has 220 valence electrons. The molecule has 4 aromatic rings. The molecule has 0 bridgehead atoms. The largest absolute Gasteiger partial charge is 0.485 e. The molecule has 13 heteroatoms. The third-order valence-corrected chi connectivity index (χ3v) is 7.23. The van der Waals surface area contributed by atoms with Crippen LogP contribution in [0.4, 0.5) is 13.2 Å². The molecule has 0 amide bonds. The van der Waals surface area contributed by atoms with E-state index in [4.69, 9.17) is 9.47 Å². The maximum Gasteiger partial charge on any atom is 0.331 e. The van der Waals surface area contributed by atoms with Gasteiger partial charge < -0.3 is 9.47 Å². The summed E-state index contributed by atoms with van der Waals surface area (Å²) in [4.78, 5) is 22.7. The summed E-state index contributed by atoms with van der Waals surface area (Å²) in [6.07, 6.45) is -0.779. The molecule has 0 aliphatic rings. The highest BCUT2D eigenvalue weighted by atomic mass is 32.2. The minimum absolute atomic E-state index is 0.0378. The van der Waals surface area contributed by atoms with E-state index in [2.05, 4.69) is 9.97 Å². The number of rotatable bonds is 11. The van der Waals surface area contributed by atoms with Gasteiger partial charge in [-0.15, -0.1) is 0 Å². The van der Waals surface area contributed by atoms with Gasteiger partial charge in [-0.3, -0.25) is 9.13 Å². The molecule has 9 nitrogen and oxygen atoms in total. The third-order valence-electron chi connectivity index (χ3n) is 6.31. The van der Waals surface area contributed by atoms with E-state index in [-0.39, 0.29) is 41.0 Å². The van der Waals surface area contributed by atoms with Crippen LogP contribution in [0.3, 0.4) is 0 Å². The first kappa shape index (κ1) is 30.1. The van der Waals surface area contributed by atoms with E-state index in [1.165, 1.54) is 30.5 Å². The summed E-state index contributed by atoms with van der Waals surface area (Å²) in [7, 11) is -3.75. The highest BCUT2D eigenvalue weighted by molar-refractivity contribution is 7.90. The Morgan fingerprint density at radius 1 is 1.07 bits per heavy atom. The van der Waals surface area contributed by atoms with Crippen molar-refractivity contribution in [1.29, 1.82) is 0 Å². The van der Waals surface area contributed by atoms with E-state index >= 15 is 0 Å². The van der Waals surface area contributed by atoms with Gasteiger partial charge in [0.05, 0.1) is 42.3 Å². The Hall–Kier alpha value is -3.87. The summed E-state index contributed by atoms with van der Waals surface area (Å²) < 4.78 is 80.7. The Morgan fingerprint density at radius 3 is 2.39 bits per heavy atom. The molecule has 0 saturated carbocycles. The fraction of sp³-hybridized carbons (Fsp3) is 0.393. The van der Waals surface area contributed by atoms with Crippen LogP contribution in [0.2, 0.25) is 0 Å². The Balaban J connectivity index is 2.03. The summed E-state index contributed by atoms with van der Waals surface area (Å²) in [6.45, 7) is 6.20. The zero-order valence-electron chi connectivity index (χ0n) is 23.3. The number of ether oxygens (including phenoxy) is 2. The number of pyridine rings is 2. The summed E-state index contributed by atoms with van der Waals surface area (Å²) >= 11 is 0. The van der Waals surface area contributed by atoms with Gasteiger partial charge in [0, 0.05) is 23.6 Å². The Bertz CT molecular complexity index is 1730. The Kier molecular flexibility index (Phi) is 8.76. The van der Waals surface area contributed by atoms with Crippen molar-refractivity contribution in [2.24, 2.45) is 0 Å². The van der Waals surface area contributed by atoms with E-state index < -0.39 is 46.1 Å². The predicted octanol–water partition coefficient (Wildman–Crippen LogP) is 4.79. The summed E-state index contributed by atoms with van der Waals surface area (Å²) in [5.41, 5.74) is 0.0483. The molecule has 1 atom stereocenters. The molecule has 4 rings (SSSR count). The van der Waals surface area contributed by atoms with Gasteiger partial charge in [-0.2, -0.15) is 0 Å². The maximum absolute atomic E-state index is 14.7. The van der Waals surface area contributed by atoms with Crippen molar-refractivity contribution in [2.45, 2.75) is 52.8 Å². The lowest BCUT2D eigenvalue weighted by molar-refractivity contribution is 0.126. The number of alkyl halides is 2. The van der Waals surface area contributed by atoms with Crippen LogP contribution in [0, 0.1) is 12.7 Å². The number of sulfone groups is 1. The van der Waals surface area contributed by atoms with E-state index in [9.17, 15) is 26.4 Å². The third kappa shape index (κ3) is 6.39. The minimum atomic E-state index is -3.75. The maximum atomic E-state index is 14.7.